The van der Waals surface area contributed by atoms with Crippen molar-refractivity contribution in [1.82, 2.24) is 0 Å². The molecule has 1 saturated heterocycles. The minimum atomic E-state index is -1.24. The summed E-state index contributed by atoms with van der Waals surface area (Å²) < 4.78 is 16.0. The SMILES string of the molecule is Cc1ccc(OCCC(C)C)c(C=C2C(=O)OC(C)(C)OC2=O)c1. The molecule has 130 valence electrons. The Labute approximate surface area is 142 Å². The molecule has 1 aliphatic rings. The smallest absolute Gasteiger partial charge is 0.348 e. The van der Waals surface area contributed by atoms with Crippen LogP contribution in [0.1, 0.15) is 45.2 Å². The summed E-state index contributed by atoms with van der Waals surface area (Å²) in [5.74, 6) is -1.46. The summed E-state index contributed by atoms with van der Waals surface area (Å²) in [6.07, 6.45) is 2.39. The topological polar surface area (TPSA) is 61.8 Å². The van der Waals surface area contributed by atoms with Gasteiger partial charge in [0.15, 0.2) is 0 Å². The Morgan fingerprint density at radius 2 is 1.79 bits per heavy atom. The lowest BCUT2D eigenvalue weighted by Gasteiger charge is -2.29. The van der Waals surface area contributed by atoms with E-state index in [0.29, 0.717) is 23.8 Å². The van der Waals surface area contributed by atoms with Gasteiger partial charge in [0.2, 0.25) is 0 Å². The van der Waals surface area contributed by atoms with Gasteiger partial charge >= 0.3 is 11.9 Å². The van der Waals surface area contributed by atoms with Gasteiger partial charge in [-0.05, 0) is 37.5 Å². The average Bonchev–Trinajstić information content (AvgIpc) is 2.43. The lowest BCUT2D eigenvalue weighted by molar-refractivity contribution is -0.222. The fourth-order valence-electron chi connectivity index (χ4n) is 2.25. The maximum absolute atomic E-state index is 12.1. The van der Waals surface area contributed by atoms with E-state index in [-0.39, 0.29) is 5.57 Å². The highest BCUT2D eigenvalue weighted by Gasteiger charge is 2.39. The number of benzene rings is 1. The van der Waals surface area contributed by atoms with E-state index in [4.69, 9.17) is 14.2 Å². The van der Waals surface area contributed by atoms with Gasteiger partial charge in [-0.15, -0.1) is 0 Å². The summed E-state index contributed by atoms with van der Waals surface area (Å²) in [6.45, 7) is 9.78. The van der Waals surface area contributed by atoms with E-state index in [1.165, 1.54) is 19.9 Å². The van der Waals surface area contributed by atoms with Gasteiger partial charge in [0.25, 0.3) is 5.79 Å². The summed E-state index contributed by atoms with van der Waals surface area (Å²) in [5.41, 5.74) is 1.52. The first kappa shape index (κ1) is 18.0. The van der Waals surface area contributed by atoms with E-state index in [1.54, 1.807) is 0 Å². The second-order valence-electron chi connectivity index (χ2n) is 6.81. The van der Waals surface area contributed by atoms with Crippen molar-refractivity contribution < 1.29 is 23.8 Å². The minimum absolute atomic E-state index is 0.131. The van der Waals surface area contributed by atoms with Crippen molar-refractivity contribution in [2.45, 2.75) is 46.8 Å². The van der Waals surface area contributed by atoms with Gasteiger partial charge in [-0.2, -0.15) is 0 Å². The Kier molecular flexibility index (Phi) is 5.32. The van der Waals surface area contributed by atoms with Crippen molar-refractivity contribution in [3.63, 3.8) is 0 Å². The van der Waals surface area contributed by atoms with Crippen molar-refractivity contribution >= 4 is 18.0 Å². The number of cyclic esters (lactones) is 2. The number of ether oxygens (including phenoxy) is 3. The summed E-state index contributed by atoms with van der Waals surface area (Å²) in [6, 6.07) is 5.62. The molecule has 0 aromatic heterocycles. The molecule has 0 atom stereocenters. The summed E-state index contributed by atoms with van der Waals surface area (Å²) in [7, 11) is 0. The van der Waals surface area contributed by atoms with E-state index < -0.39 is 17.7 Å². The van der Waals surface area contributed by atoms with E-state index in [0.717, 1.165) is 12.0 Å². The summed E-state index contributed by atoms with van der Waals surface area (Å²) in [4.78, 5) is 24.2. The highest BCUT2D eigenvalue weighted by Crippen LogP contribution is 2.28. The quantitative estimate of drug-likeness (QED) is 0.468. The third-order valence-corrected chi connectivity index (χ3v) is 3.53. The molecule has 0 radical (unpaired) electrons. The van der Waals surface area contributed by atoms with Crippen molar-refractivity contribution in [3.05, 3.63) is 34.9 Å². The van der Waals surface area contributed by atoms with Crippen LogP contribution in [-0.4, -0.2) is 24.3 Å². The fraction of sp³-hybridized carbons (Fsp3) is 0.474. The van der Waals surface area contributed by atoms with Crippen LogP contribution in [0.25, 0.3) is 6.08 Å². The van der Waals surface area contributed by atoms with Crippen LogP contribution in [0.15, 0.2) is 23.8 Å². The van der Waals surface area contributed by atoms with Crippen molar-refractivity contribution in [1.29, 1.82) is 0 Å². The molecule has 5 nitrogen and oxygen atoms in total. The van der Waals surface area contributed by atoms with E-state index in [9.17, 15) is 9.59 Å². The zero-order valence-electron chi connectivity index (χ0n) is 14.8. The molecule has 1 aliphatic heterocycles. The highest BCUT2D eigenvalue weighted by molar-refractivity contribution is 6.19. The molecule has 1 fully saturated rings. The van der Waals surface area contributed by atoms with Crippen LogP contribution in [0.2, 0.25) is 0 Å². The first-order valence-corrected chi connectivity index (χ1v) is 8.10. The fourth-order valence-corrected chi connectivity index (χ4v) is 2.25. The maximum atomic E-state index is 12.1. The zero-order chi connectivity index (χ0) is 17.9. The van der Waals surface area contributed by atoms with Crippen LogP contribution < -0.4 is 4.74 Å². The molecule has 1 aromatic rings. The predicted octanol–water partition coefficient (Wildman–Crippen LogP) is 3.64. The van der Waals surface area contributed by atoms with E-state index in [2.05, 4.69) is 13.8 Å². The molecule has 0 aliphatic carbocycles. The third-order valence-electron chi connectivity index (χ3n) is 3.53. The van der Waals surface area contributed by atoms with Crippen LogP contribution in [0.4, 0.5) is 0 Å². The van der Waals surface area contributed by atoms with Gasteiger partial charge in [-0.1, -0.05) is 25.5 Å². The van der Waals surface area contributed by atoms with Gasteiger partial charge < -0.3 is 14.2 Å². The Bertz CT molecular complexity index is 648. The van der Waals surface area contributed by atoms with E-state index >= 15 is 0 Å². The maximum Gasteiger partial charge on any atom is 0.348 e. The number of carbonyl (C=O) groups is 2. The number of aryl methyl sites for hydroxylation is 1. The first-order valence-electron chi connectivity index (χ1n) is 8.10. The van der Waals surface area contributed by atoms with Crippen LogP contribution in [0.5, 0.6) is 5.75 Å². The zero-order valence-corrected chi connectivity index (χ0v) is 14.8. The van der Waals surface area contributed by atoms with Crippen molar-refractivity contribution in [2.24, 2.45) is 5.92 Å². The average molecular weight is 332 g/mol. The van der Waals surface area contributed by atoms with Crippen LogP contribution in [0, 0.1) is 12.8 Å². The summed E-state index contributed by atoms with van der Waals surface area (Å²) >= 11 is 0. The largest absolute Gasteiger partial charge is 0.493 e. The van der Waals surface area contributed by atoms with Gasteiger partial charge in [0.1, 0.15) is 11.3 Å². The molecule has 0 unspecified atom stereocenters. The van der Waals surface area contributed by atoms with Gasteiger partial charge in [0.05, 0.1) is 6.61 Å². The van der Waals surface area contributed by atoms with Crippen molar-refractivity contribution in [3.8, 4) is 5.75 Å². The second kappa shape index (κ2) is 7.07. The number of esters is 2. The summed E-state index contributed by atoms with van der Waals surface area (Å²) in [5, 5.41) is 0. The number of carbonyl (C=O) groups excluding carboxylic acids is 2. The van der Waals surface area contributed by atoms with Crippen LogP contribution >= 0.6 is 0 Å². The molecule has 0 N–H and O–H groups in total. The Hall–Kier alpha value is -2.30. The molecule has 0 bridgehead atoms. The molecule has 1 heterocycles. The molecule has 1 aromatic carbocycles. The Balaban J connectivity index is 2.29. The number of rotatable bonds is 5. The monoisotopic (exact) mass is 332 g/mol. The van der Waals surface area contributed by atoms with Crippen LogP contribution in [0.3, 0.4) is 0 Å². The normalized spacial score (nSPS) is 16.7. The molecule has 2 rings (SSSR count). The molecule has 5 heteroatoms. The standard InChI is InChI=1S/C19H24O5/c1-12(2)8-9-22-16-7-6-13(3)10-14(16)11-15-17(20)23-19(4,5)24-18(15)21/h6-7,10-12H,8-9H2,1-5H3. The Morgan fingerprint density at radius 3 is 2.38 bits per heavy atom. The van der Waals surface area contributed by atoms with Gasteiger partial charge in [-0.3, -0.25) is 0 Å². The number of hydrogen-bond donors (Lipinski definition) is 0. The second-order valence-corrected chi connectivity index (χ2v) is 6.81. The number of hydrogen-bond acceptors (Lipinski definition) is 5. The predicted molar refractivity (Wildman–Crippen MR) is 90.4 cm³/mol. The van der Waals surface area contributed by atoms with Gasteiger partial charge in [0, 0.05) is 19.4 Å². The molecule has 24 heavy (non-hydrogen) atoms. The van der Waals surface area contributed by atoms with Crippen molar-refractivity contribution in [2.75, 3.05) is 6.61 Å². The van der Waals surface area contributed by atoms with Crippen LogP contribution in [-0.2, 0) is 19.1 Å². The molecular weight excluding hydrogens is 308 g/mol. The molecule has 0 saturated carbocycles. The third kappa shape index (κ3) is 4.60. The van der Waals surface area contributed by atoms with E-state index in [1.807, 2.05) is 25.1 Å². The van der Waals surface area contributed by atoms with Gasteiger partial charge in [-0.25, -0.2) is 9.59 Å². The lowest BCUT2D eigenvalue weighted by atomic mass is 10.1. The molecule has 0 amide bonds. The highest BCUT2D eigenvalue weighted by atomic mass is 16.7. The lowest BCUT2D eigenvalue weighted by Crippen LogP contribution is -2.41. The first-order chi connectivity index (χ1) is 11.2. The molecular formula is C19H24O5. The minimum Gasteiger partial charge on any atom is -0.493 e. The Morgan fingerprint density at radius 1 is 1.17 bits per heavy atom. The molecule has 0 spiro atoms.